The van der Waals surface area contributed by atoms with E-state index in [2.05, 4.69) is 41.8 Å². The van der Waals surface area contributed by atoms with E-state index >= 15 is 0 Å². The van der Waals surface area contributed by atoms with Crippen LogP contribution >= 0.6 is 0 Å². The van der Waals surface area contributed by atoms with Gasteiger partial charge in [0.1, 0.15) is 11.5 Å². The molecule has 0 aliphatic heterocycles. The van der Waals surface area contributed by atoms with Crippen molar-refractivity contribution in [3.05, 3.63) is 54.1 Å². The van der Waals surface area contributed by atoms with E-state index in [9.17, 15) is 0 Å². The summed E-state index contributed by atoms with van der Waals surface area (Å²) in [6, 6.07) is 16.4. The summed E-state index contributed by atoms with van der Waals surface area (Å²) in [6.07, 6.45) is 2.45. The number of ether oxygens (including phenoxy) is 2. The monoisotopic (exact) mass is 356 g/mol. The summed E-state index contributed by atoms with van der Waals surface area (Å²) in [4.78, 5) is 0. The van der Waals surface area contributed by atoms with Crippen molar-refractivity contribution in [3.8, 4) is 11.5 Å². The van der Waals surface area contributed by atoms with Gasteiger partial charge in [0.25, 0.3) is 0 Å². The zero-order valence-electron chi connectivity index (χ0n) is 16.3. The molecule has 2 aromatic rings. The van der Waals surface area contributed by atoms with Crippen LogP contribution in [0.25, 0.3) is 0 Å². The Labute approximate surface area is 157 Å². The molecular weight excluding hydrogens is 324 g/mol. The Bertz CT molecular complexity index is 626. The van der Waals surface area contributed by atoms with Crippen LogP contribution in [0.15, 0.2) is 48.5 Å². The minimum Gasteiger partial charge on any atom is -0.494 e. The first-order valence-corrected chi connectivity index (χ1v) is 9.60. The summed E-state index contributed by atoms with van der Waals surface area (Å²) in [7, 11) is 0. The summed E-state index contributed by atoms with van der Waals surface area (Å²) < 4.78 is 11.4. The molecule has 0 atom stereocenters. The normalized spacial score (nSPS) is 10.8. The molecule has 0 aliphatic rings. The molecule has 0 fully saturated rings. The molecule has 2 aromatic carbocycles. The van der Waals surface area contributed by atoms with Crippen LogP contribution in [0.5, 0.6) is 11.5 Å². The van der Waals surface area contributed by atoms with E-state index in [4.69, 9.17) is 9.47 Å². The number of rotatable bonds is 12. The summed E-state index contributed by atoms with van der Waals surface area (Å²) in [5.74, 6) is 1.85. The molecule has 0 saturated carbocycles. The lowest BCUT2D eigenvalue weighted by molar-refractivity contribution is 0.242. The van der Waals surface area contributed by atoms with Gasteiger partial charge in [0.15, 0.2) is 0 Å². The molecule has 0 amide bonds. The zero-order valence-corrected chi connectivity index (χ0v) is 16.3. The highest BCUT2D eigenvalue weighted by Gasteiger charge is 1.99. The number of anilines is 1. The van der Waals surface area contributed by atoms with Crippen molar-refractivity contribution in [1.82, 2.24) is 5.32 Å². The first kappa shape index (κ1) is 20.1. The van der Waals surface area contributed by atoms with Crippen molar-refractivity contribution < 1.29 is 9.47 Å². The average Bonchev–Trinajstić information content (AvgIpc) is 2.63. The minimum atomic E-state index is 0.209. The van der Waals surface area contributed by atoms with Crippen LogP contribution in [0.3, 0.4) is 0 Å². The molecule has 0 saturated heterocycles. The Morgan fingerprint density at radius 1 is 0.962 bits per heavy atom. The van der Waals surface area contributed by atoms with E-state index in [1.54, 1.807) is 0 Å². The van der Waals surface area contributed by atoms with Crippen molar-refractivity contribution >= 4 is 5.69 Å². The lowest BCUT2D eigenvalue weighted by Gasteiger charge is -2.11. The summed E-state index contributed by atoms with van der Waals surface area (Å²) >= 11 is 0. The molecular formula is C22H32N2O2. The minimum absolute atomic E-state index is 0.209. The Kier molecular flexibility index (Phi) is 8.84. The Hall–Kier alpha value is -2.20. The van der Waals surface area contributed by atoms with Crippen molar-refractivity contribution in [2.45, 2.75) is 46.3 Å². The van der Waals surface area contributed by atoms with E-state index in [0.29, 0.717) is 0 Å². The van der Waals surface area contributed by atoms with E-state index in [0.717, 1.165) is 56.3 Å². The maximum atomic E-state index is 5.74. The van der Waals surface area contributed by atoms with E-state index in [1.807, 2.05) is 38.1 Å². The van der Waals surface area contributed by atoms with Gasteiger partial charge < -0.3 is 20.1 Å². The van der Waals surface area contributed by atoms with Crippen LogP contribution in [0.2, 0.25) is 0 Å². The van der Waals surface area contributed by atoms with E-state index < -0.39 is 0 Å². The fourth-order valence-corrected chi connectivity index (χ4v) is 2.52. The first-order valence-electron chi connectivity index (χ1n) is 9.60. The molecule has 0 aromatic heterocycles. The first-order chi connectivity index (χ1) is 12.7. The summed E-state index contributed by atoms with van der Waals surface area (Å²) in [6.45, 7) is 9.64. The fourth-order valence-electron chi connectivity index (χ4n) is 2.52. The molecule has 0 heterocycles. The Morgan fingerprint density at radius 3 is 2.50 bits per heavy atom. The van der Waals surface area contributed by atoms with Gasteiger partial charge in [-0.2, -0.15) is 0 Å². The fraction of sp³-hybridized carbons (Fsp3) is 0.455. The SMILES string of the molecule is CCCCOc1cccc(NCCNCc2ccc(OC(C)C)cc2)c1. The molecule has 0 aliphatic carbocycles. The van der Waals surface area contributed by atoms with Crippen molar-refractivity contribution in [3.63, 3.8) is 0 Å². The van der Waals surface area contributed by atoms with Gasteiger partial charge in [-0.25, -0.2) is 0 Å². The highest BCUT2D eigenvalue weighted by atomic mass is 16.5. The van der Waals surface area contributed by atoms with Crippen molar-refractivity contribution in [2.75, 3.05) is 25.0 Å². The third-order valence-electron chi connectivity index (χ3n) is 3.86. The zero-order chi connectivity index (χ0) is 18.6. The maximum Gasteiger partial charge on any atom is 0.121 e. The van der Waals surface area contributed by atoms with Crippen LogP contribution in [0.4, 0.5) is 5.69 Å². The lowest BCUT2D eigenvalue weighted by atomic mass is 10.2. The number of nitrogens with one attached hydrogen (secondary N) is 2. The van der Waals surface area contributed by atoms with Crippen LogP contribution in [0.1, 0.15) is 39.2 Å². The maximum absolute atomic E-state index is 5.74. The summed E-state index contributed by atoms with van der Waals surface area (Å²) in [5.41, 5.74) is 2.35. The van der Waals surface area contributed by atoms with Crippen LogP contribution in [0, 0.1) is 0 Å². The smallest absolute Gasteiger partial charge is 0.121 e. The van der Waals surface area contributed by atoms with E-state index in [1.165, 1.54) is 5.56 Å². The Morgan fingerprint density at radius 2 is 1.77 bits per heavy atom. The predicted molar refractivity (Wildman–Crippen MR) is 109 cm³/mol. The van der Waals surface area contributed by atoms with Gasteiger partial charge in [-0.3, -0.25) is 0 Å². The summed E-state index contributed by atoms with van der Waals surface area (Å²) in [5, 5.41) is 6.88. The molecule has 0 bridgehead atoms. The van der Waals surface area contributed by atoms with Crippen molar-refractivity contribution in [1.29, 1.82) is 0 Å². The molecule has 0 unspecified atom stereocenters. The van der Waals surface area contributed by atoms with Crippen LogP contribution in [-0.4, -0.2) is 25.8 Å². The molecule has 2 rings (SSSR count). The third kappa shape index (κ3) is 7.79. The lowest BCUT2D eigenvalue weighted by Crippen LogP contribution is -2.21. The van der Waals surface area contributed by atoms with Gasteiger partial charge >= 0.3 is 0 Å². The highest BCUT2D eigenvalue weighted by molar-refractivity contribution is 5.48. The second-order valence-electron chi connectivity index (χ2n) is 6.64. The molecule has 26 heavy (non-hydrogen) atoms. The van der Waals surface area contributed by atoms with Gasteiger partial charge in [-0.15, -0.1) is 0 Å². The molecule has 0 radical (unpaired) electrons. The standard InChI is InChI=1S/C22H32N2O2/c1-4-5-15-25-22-8-6-7-20(16-22)24-14-13-23-17-19-9-11-21(12-10-19)26-18(2)3/h6-12,16,18,23-24H,4-5,13-15,17H2,1-3H3. The van der Waals surface area contributed by atoms with Gasteiger partial charge in [0, 0.05) is 31.4 Å². The number of unbranched alkanes of at least 4 members (excludes halogenated alkanes) is 1. The van der Waals surface area contributed by atoms with Crippen molar-refractivity contribution in [2.24, 2.45) is 0 Å². The van der Waals surface area contributed by atoms with Crippen LogP contribution < -0.4 is 20.1 Å². The second-order valence-corrected chi connectivity index (χ2v) is 6.64. The van der Waals surface area contributed by atoms with Gasteiger partial charge in [0.2, 0.25) is 0 Å². The molecule has 2 N–H and O–H groups in total. The number of hydrogen-bond acceptors (Lipinski definition) is 4. The third-order valence-corrected chi connectivity index (χ3v) is 3.86. The van der Waals surface area contributed by atoms with Crippen LogP contribution in [-0.2, 0) is 6.54 Å². The topological polar surface area (TPSA) is 42.5 Å². The highest BCUT2D eigenvalue weighted by Crippen LogP contribution is 2.17. The molecule has 142 valence electrons. The Balaban J connectivity index is 1.65. The van der Waals surface area contributed by atoms with Gasteiger partial charge in [-0.05, 0) is 50.1 Å². The number of hydrogen-bond donors (Lipinski definition) is 2. The van der Waals surface area contributed by atoms with Gasteiger partial charge in [0.05, 0.1) is 12.7 Å². The predicted octanol–water partition coefficient (Wildman–Crippen LogP) is 4.85. The molecule has 4 nitrogen and oxygen atoms in total. The van der Waals surface area contributed by atoms with Gasteiger partial charge in [-0.1, -0.05) is 31.5 Å². The second kappa shape index (κ2) is 11.4. The average molecular weight is 357 g/mol. The van der Waals surface area contributed by atoms with E-state index in [-0.39, 0.29) is 6.10 Å². The largest absolute Gasteiger partial charge is 0.494 e. The quantitative estimate of drug-likeness (QED) is 0.533. The molecule has 0 spiro atoms. The molecule has 4 heteroatoms. The number of benzene rings is 2.